The Balaban J connectivity index is 2.81. The van der Waals surface area contributed by atoms with Crippen LogP contribution in [0.2, 0.25) is 0 Å². The molecule has 0 aliphatic heterocycles. The molecule has 0 atom stereocenters. The molecule has 0 aromatic carbocycles. The van der Waals surface area contributed by atoms with Gasteiger partial charge in [-0.1, -0.05) is 13.8 Å². The van der Waals surface area contributed by atoms with Crippen molar-refractivity contribution in [3.05, 3.63) is 0 Å². The highest BCUT2D eigenvalue weighted by molar-refractivity contribution is 4.47. The number of hydrogen-bond acceptors (Lipinski definition) is 2. The zero-order valence-electron chi connectivity index (χ0n) is 10.3. The molecule has 0 fully saturated rings. The molecule has 0 saturated carbocycles. The van der Waals surface area contributed by atoms with Crippen molar-refractivity contribution in [3.8, 4) is 0 Å². The van der Waals surface area contributed by atoms with Gasteiger partial charge in [-0.05, 0) is 25.7 Å². The van der Waals surface area contributed by atoms with Crippen LogP contribution in [-0.2, 0) is 9.47 Å². The molecule has 0 bridgehead atoms. The molecular weight excluding hydrogens is 190 g/mol. The molecule has 0 unspecified atom stereocenters. The van der Waals surface area contributed by atoms with Crippen molar-refractivity contribution in [3.63, 3.8) is 0 Å². The van der Waals surface area contributed by atoms with Gasteiger partial charge in [0, 0.05) is 39.5 Å². The molecule has 0 N–H and O–H groups in total. The summed E-state index contributed by atoms with van der Waals surface area (Å²) in [6.07, 6.45) is 4.31. The van der Waals surface area contributed by atoms with E-state index in [0.717, 1.165) is 65.2 Å². The predicted octanol–water partition coefficient (Wildman–Crippen LogP) is 2.22. The summed E-state index contributed by atoms with van der Waals surface area (Å²) >= 11 is 0. The Labute approximate surface area is 94.5 Å². The zero-order valence-corrected chi connectivity index (χ0v) is 10.3. The third-order valence-electron chi connectivity index (χ3n) is 1.91. The van der Waals surface area contributed by atoms with Gasteiger partial charge in [0.05, 0.1) is 0 Å². The Morgan fingerprint density at radius 2 is 1.20 bits per heavy atom. The second kappa shape index (κ2) is 13.9. The van der Waals surface area contributed by atoms with E-state index in [4.69, 9.17) is 9.47 Å². The van der Waals surface area contributed by atoms with Gasteiger partial charge in [0.2, 0.25) is 0 Å². The van der Waals surface area contributed by atoms with E-state index in [-0.39, 0.29) is 0 Å². The summed E-state index contributed by atoms with van der Waals surface area (Å²) in [6, 6.07) is 0. The molecule has 0 aromatic heterocycles. The molecule has 0 saturated heterocycles. The van der Waals surface area contributed by atoms with Crippen molar-refractivity contribution in [2.75, 3.05) is 39.5 Å². The van der Waals surface area contributed by atoms with Gasteiger partial charge >= 0.3 is 0 Å². The third kappa shape index (κ3) is 13.9. The summed E-state index contributed by atoms with van der Waals surface area (Å²) in [4.78, 5) is 0. The Morgan fingerprint density at radius 3 is 1.60 bits per heavy atom. The number of rotatable bonds is 12. The molecule has 0 amide bonds. The first kappa shape index (κ1) is 14.9. The van der Waals surface area contributed by atoms with E-state index in [0.29, 0.717) is 0 Å². The van der Waals surface area contributed by atoms with Crippen LogP contribution in [0.15, 0.2) is 0 Å². The first-order valence-electron chi connectivity index (χ1n) is 6.20. The molecule has 3 heteroatoms. The third-order valence-corrected chi connectivity index (χ3v) is 1.91. The molecule has 1 radical (unpaired) electrons. The number of hydrogen-bond donors (Lipinski definition) is 0. The lowest BCUT2D eigenvalue weighted by Gasteiger charge is -2.04. The number of nitrogens with zero attached hydrogens (tertiary/aromatic N) is 1. The summed E-state index contributed by atoms with van der Waals surface area (Å²) in [6.45, 7) is 9.57. The number of ether oxygens (including phenoxy) is 2. The van der Waals surface area contributed by atoms with E-state index in [1.807, 2.05) is 0 Å². The van der Waals surface area contributed by atoms with Gasteiger partial charge in [0.15, 0.2) is 0 Å². The van der Waals surface area contributed by atoms with Gasteiger partial charge in [0.1, 0.15) is 0 Å². The molecule has 0 aromatic rings. The van der Waals surface area contributed by atoms with E-state index in [2.05, 4.69) is 19.2 Å². The predicted molar refractivity (Wildman–Crippen MR) is 63.3 cm³/mol. The molecule has 0 aliphatic carbocycles. The van der Waals surface area contributed by atoms with Gasteiger partial charge in [-0.25, -0.2) is 5.32 Å². The summed E-state index contributed by atoms with van der Waals surface area (Å²) in [5.41, 5.74) is 0. The second-order valence-electron chi connectivity index (χ2n) is 3.60. The van der Waals surface area contributed by atoms with E-state index in [1.54, 1.807) is 0 Å². The van der Waals surface area contributed by atoms with E-state index >= 15 is 0 Å². The Kier molecular flexibility index (Phi) is 13.8. The molecular formula is C12H26NO2. The summed E-state index contributed by atoms with van der Waals surface area (Å²) in [7, 11) is 0. The minimum absolute atomic E-state index is 0.851. The van der Waals surface area contributed by atoms with Crippen molar-refractivity contribution in [2.24, 2.45) is 0 Å². The van der Waals surface area contributed by atoms with Gasteiger partial charge in [0.25, 0.3) is 0 Å². The van der Waals surface area contributed by atoms with Crippen LogP contribution in [0.5, 0.6) is 0 Å². The zero-order chi connectivity index (χ0) is 11.2. The standard InChI is InChI=1S/C12H26NO2/c1-3-9-14-11-5-7-13-8-6-12-15-10-4-2/h3-12H2,1-2H3. The lowest BCUT2D eigenvalue weighted by atomic mass is 10.4. The van der Waals surface area contributed by atoms with Crippen LogP contribution < -0.4 is 5.32 Å². The Bertz CT molecular complexity index is 97.8. The molecule has 0 spiro atoms. The van der Waals surface area contributed by atoms with Gasteiger partial charge in [-0.2, -0.15) is 0 Å². The van der Waals surface area contributed by atoms with Crippen LogP contribution >= 0.6 is 0 Å². The van der Waals surface area contributed by atoms with Gasteiger partial charge in [-0.15, -0.1) is 0 Å². The maximum absolute atomic E-state index is 5.36. The summed E-state index contributed by atoms with van der Waals surface area (Å²) < 4.78 is 10.7. The minimum atomic E-state index is 0.851. The first-order valence-corrected chi connectivity index (χ1v) is 6.20. The van der Waals surface area contributed by atoms with Crippen molar-refractivity contribution in [2.45, 2.75) is 39.5 Å². The van der Waals surface area contributed by atoms with Crippen molar-refractivity contribution < 1.29 is 9.47 Å². The average molecular weight is 216 g/mol. The van der Waals surface area contributed by atoms with Crippen LogP contribution in [-0.4, -0.2) is 39.5 Å². The Morgan fingerprint density at radius 1 is 0.733 bits per heavy atom. The van der Waals surface area contributed by atoms with E-state index in [1.165, 1.54) is 0 Å². The monoisotopic (exact) mass is 216 g/mol. The van der Waals surface area contributed by atoms with Crippen molar-refractivity contribution in [1.82, 2.24) is 5.32 Å². The highest BCUT2D eigenvalue weighted by Gasteiger charge is 1.91. The minimum Gasteiger partial charge on any atom is -0.381 e. The topological polar surface area (TPSA) is 32.6 Å². The highest BCUT2D eigenvalue weighted by atomic mass is 16.5. The quantitative estimate of drug-likeness (QED) is 0.469. The Hall–Kier alpha value is -0.120. The maximum atomic E-state index is 5.36. The summed E-state index contributed by atoms with van der Waals surface area (Å²) in [5, 5.41) is 4.41. The van der Waals surface area contributed by atoms with Crippen molar-refractivity contribution in [1.29, 1.82) is 0 Å². The highest BCUT2D eigenvalue weighted by Crippen LogP contribution is 1.87. The normalized spacial score (nSPS) is 10.8. The maximum Gasteiger partial charge on any atom is 0.0478 e. The fourth-order valence-corrected chi connectivity index (χ4v) is 1.16. The second-order valence-corrected chi connectivity index (χ2v) is 3.60. The fourth-order valence-electron chi connectivity index (χ4n) is 1.16. The molecule has 0 aliphatic rings. The lowest BCUT2D eigenvalue weighted by Crippen LogP contribution is -2.12. The van der Waals surface area contributed by atoms with E-state index in [9.17, 15) is 0 Å². The molecule has 15 heavy (non-hydrogen) atoms. The van der Waals surface area contributed by atoms with Gasteiger partial charge in [-0.3, -0.25) is 0 Å². The largest absolute Gasteiger partial charge is 0.381 e. The van der Waals surface area contributed by atoms with E-state index < -0.39 is 0 Å². The van der Waals surface area contributed by atoms with Crippen LogP contribution in [0.4, 0.5) is 0 Å². The lowest BCUT2D eigenvalue weighted by molar-refractivity contribution is 0.127. The molecule has 91 valence electrons. The average Bonchev–Trinajstić information content (AvgIpc) is 2.26. The molecule has 0 heterocycles. The van der Waals surface area contributed by atoms with Crippen LogP contribution in [0.1, 0.15) is 39.5 Å². The summed E-state index contributed by atoms with van der Waals surface area (Å²) in [5.74, 6) is 0. The fraction of sp³-hybridized carbons (Fsp3) is 1.00. The van der Waals surface area contributed by atoms with Crippen molar-refractivity contribution >= 4 is 0 Å². The molecule has 3 nitrogen and oxygen atoms in total. The van der Waals surface area contributed by atoms with Crippen LogP contribution in [0, 0.1) is 0 Å². The van der Waals surface area contributed by atoms with Crippen LogP contribution in [0.3, 0.4) is 0 Å². The first-order chi connectivity index (χ1) is 7.41. The van der Waals surface area contributed by atoms with Crippen LogP contribution in [0.25, 0.3) is 0 Å². The molecule has 0 rings (SSSR count). The van der Waals surface area contributed by atoms with Gasteiger partial charge < -0.3 is 9.47 Å². The SMILES string of the molecule is CCCOCCC[N]CCCOCCC. The smallest absolute Gasteiger partial charge is 0.0478 e.